The fourth-order valence-corrected chi connectivity index (χ4v) is 3.33. The Hall–Kier alpha value is -4.85. The molecule has 2 aromatic heterocycles. The van der Waals surface area contributed by atoms with Gasteiger partial charge in [0.1, 0.15) is 0 Å². The maximum atomic E-state index is 6.15. The molecule has 0 atom stereocenters. The first-order chi connectivity index (χ1) is 16.2. The summed E-state index contributed by atoms with van der Waals surface area (Å²) in [6.45, 7) is 0. The average Bonchev–Trinajstić information content (AvgIpc) is 2.86. The number of nitrogens with one attached hydrogen (secondary N) is 2. The van der Waals surface area contributed by atoms with Crippen molar-refractivity contribution >= 4 is 39.9 Å². The predicted octanol–water partition coefficient (Wildman–Crippen LogP) is 4.89. The molecule has 0 aliphatic heterocycles. The van der Waals surface area contributed by atoms with Crippen molar-refractivity contribution in [2.45, 2.75) is 0 Å². The predicted molar refractivity (Wildman–Crippen MR) is 132 cm³/mol. The molecule has 33 heavy (non-hydrogen) atoms. The summed E-state index contributed by atoms with van der Waals surface area (Å²) in [6.07, 6.45) is 3.35. The van der Waals surface area contributed by atoms with Gasteiger partial charge in [-0.25, -0.2) is 0 Å². The number of aliphatic imine (C=N–C) groups is 1. The molecular weight excluding hydrogens is 412 g/mol. The summed E-state index contributed by atoms with van der Waals surface area (Å²) in [7, 11) is 0. The van der Waals surface area contributed by atoms with Gasteiger partial charge in [-0.1, -0.05) is 42.5 Å². The Morgan fingerprint density at radius 3 is 2.27 bits per heavy atom. The second kappa shape index (κ2) is 9.11. The van der Waals surface area contributed by atoms with Crippen molar-refractivity contribution in [3.05, 3.63) is 97.3 Å². The zero-order chi connectivity index (χ0) is 22.5. The Labute approximate surface area is 190 Å². The van der Waals surface area contributed by atoms with Crippen LogP contribution in [-0.4, -0.2) is 26.1 Å². The number of nitrogens with two attached hydrogens (primary N) is 1. The highest BCUT2D eigenvalue weighted by Crippen LogP contribution is 2.26. The van der Waals surface area contributed by atoms with Gasteiger partial charge in [-0.05, 0) is 42.5 Å². The van der Waals surface area contributed by atoms with Crippen molar-refractivity contribution in [1.82, 2.24) is 20.2 Å². The van der Waals surface area contributed by atoms with Gasteiger partial charge in [-0.15, -0.1) is 10.2 Å². The lowest BCUT2D eigenvalue weighted by molar-refractivity contribution is 1.03. The standard InChI is InChI=1S/C25H20N8/c26-25(31-24-13-12-19(32-33-24)17-6-2-1-3-7-17)30-22-9-5-4-8-21(22)29-18-10-11-20-23(16-18)28-15-14-27-20/h1-16,29H,(H3,26,30,31,33). The molecule has 0 aliphatic rings. The fraction of sp³-hybridized carbons (Fsp3) is 0. The van der Waals surface area contributed by atoms with E-state index in [-0.39, 0.29) is 5.96 Å². The molecule has 0 aliphatic carbocycles. The average molecular weight is 432 g/mol. The van der Waals surface area contributed by atoms with Crippen LogP contribution in [0.5, 0.6) is 0 Å². The molecule has 8 nitrogen and oxygen atoms in total. The zero-order valence-corrected chi connectivity index (χ0v) is 17.6. The summed E-state index contributed by atoms with van der Waals surface area (Å²) in [5, 5.41) is 14.9. The van der Waals surface area contributed by atoms with Crippen LogP contribution in [0.3, 0.4) is 0 Å². The number of hydrogen-bond acceptors (Lipinski definition) is 6. The number of guanidine groups is 1. The number of nitrogens with zero attached hydrogens (tertiary/aromatic N) is 5. The van der Waals surface area contributed by atoms with Crippen molar-refractivity contribution in [2.75, 3.05) is 10.6 Å². The number of fused-ring (bicyclic) bond motifs is 1. The maximum Gasteiger partial charge on any atom is 0.199 e. The van der Waals surface area contributed by atoms with Crippen LogP contribution in [0.2, 0.25) is 0 Å². The van der Waals surface area contributed by atoms with Crippen LogP contribution in [0.25, 0.3) is 22.3 Å². The number of rotatable bonds is 5. The summed E-state index contributed by atoms with van der Waals surface area (Å²) >= 11 is 0. The third-order valence-electron chi connectivity index (χ3n) is 4.89. The third kappa shape index (κ3) is 4.75. The highest BCUT2D eigenvalue weighted by molar-refractivity contribution is 5.97. The molecule has 0 bridgehead atoms. The Kier molecular flexibility index (Phi) is 5.54. The van der Waals surface area contributed by atoms with Gasteiger partial charge in [-0.2, -0.15) is 4.99 Å². The van der Waals surface area contributed by atoms with E-state index in [4.69, 9.17) is 5.73 Å². The van der Waals surface area contributed by atoms with E-state index in [2.05, 4.69) is 35.8 Å². The lowest BCUT2D eigenvalue weighted by Crippen LogP contribution is -2.22. The second-order valence-electron chi connectivity index (χ2n) is 7.20. The zero-order valence-electron chi connectivity index (χ0n) is 17.6. The lowest BCUT2D eigenvalue weighted by Gasteiger charge is -2.13. The molecular formula is C25H20N8. The monoisotopic (exact) mass is 432 g/mol. The van der Waals surface area contributed by atoms with Crippen molar-refractivity contribution in [3.63, 3.8) is 0 Å². The van der Waals surface area contributed by atoms with Gasteiger partial charge in [0, 0.05) is 23.6 Å². The van der Waals surface area contributed by atoms with Gasteiger partial charge < -0.3 is 16.4 Å². The van der Waals surface area contributed by atoms with Crippen LogP contribution in [-0.2, 0) is 0 Å². The Morgan fingerprint density at radius 1 is 0.727 bits per heavy atom. The van der Waals surface area contributed by atoms with Crippen LogP contribution in [0.4, 0.5) is 22.9 Å². The molecule has 0 spiro atoms. The molecule has 4 N–H and O–H groups in total. The summed E-state index contributed by atoms with van der Waals surface area (Å²) in [5.41, 5.74) is 12.1. The third-order valence-corrected chi connectivity index (χ3v) is 4.89. The molecule has 0 unspecified atom stereocenters. The van der Waals surface area contributed by atoms with Crippen LogP contribution in [0, 0.1) is 0 Å². The number of aromatic nitrogens is 4. The Balaban J connectivity index is 1.33. The molecule has 5 aromatic rings. The number of para-hydroxylation sites is 2. The van der Waals surface area contributed by atoms with Crippen molar-refractivity contribution in [1.29, 1.82) is 0 Å². The van der Waals surface area contributed by atoms with Crippen molar-refractivity contribution in [2.24, 2.45) is 10.7 Å². The van der Waals surface area contributed by atoms with E-state index in [1.54, 1.807) is 18.5 Å². The van der Waals surface area contributed by atoms with Gasteiger partial charge in [0.15, 0.2) is 11.8 Å². The van der Waals surface area contributed by atoms with Crippen LogP contribution in [0.15, 0.2) is 102 Å². The normalized spacial score (nSPS) is 11.3. The van der Waals surface area contributed by atoms with Crippen LogP contribution < -0.4 is 16.4 Å². The van der Waals surface area contributed by atoms with Crippen molar-refractivity contribution < 1.29 is 0 Å². The largest absolute Gasteiger partial charge is 0.369 e. The molecule has 0 radical (unpaired) electrons. The molecule has 160 valence electrons. The van der Waals surface area contributed by atoms with Gasteiger partial charge in [0.2, 0.25) is 0 Å². The SMILES string of the molecule is NC(=Nc1ccc(-c2ccccc2)nn1)Nc1ccccc1Nc1ccc2nccnc2c1. The first-order valence-corrected chi connectivity index (χ1v) is 10.3. The highest BCUT2D eigenvalue weighted by atomic mass is 15.2. The Morgan fingerprint density at radius 2 is 1.48 bits per heavy atom. The van der Waals surface area contributed by atoms with Gasteiger partial charge in [-0.3, -0.25) is 9.97 Å². The number of hydrogen-bond donors (Lipinski definition) is 3. The van der Waals surface area contributed by atoms with Gasteiger partial charge >= 0.3 is 0 Å². The number of anilines is 3. The lowest BCUT2D eigenvalue weighted by atomic mass is 10.1. The molecule has 0 saturated carbocycles. The maximum absolute atomic E-state index is 6.15. The molecule has 5 rings (SSSR count). The van der Waals surface area contributed by atoms with E-state index in [0.29, 0.717) is 5.82 Å². The van der Waals surface area contributed by atoms with Crippen LogP contribution >= 0.6 is 0 Å². The quantitative estimate of drug-likeness (QED) is 0.268. The van der Waals surface area contributed by atoms with Gasteiger partial charge in [0.05, 0.1) is 28.1 Å². The fourth-order valence-electron chi connectivity index (χ4n) is 3.33. The summed E-state index contributed by atoms with van der Waals surface area (Å²) in [6, 6.07) is 27.0. The smallest absolute Gasteiger partial charge is 0.199 e. The van der Waals surface area contributed by atoms with E-state index in [0.717, 1.165) is 39.4 Å². The summed E-state index contributed by atoms with van der Waals surface area (Å²) in [4.78, 5) is 13.0. The Bertz CT molecular complexity index is 1420. The van der Waals surface area contributed by atoms with E-state index in [1.165, 1.54) is 0 Å². The topological polar surface area (TPSA) is 114 Å². The molecule has 8 heteroatoms. The minimum absolute atomic E-state index is 0.204. The molecule has 3 aromatic carbocycles. The highest BCUT2D eigenvalue weighted by Gasteiger charge is 2.06. The van der Waals surface area contributed by atoms with Gasteiger partial charge in [0.25, 0.3) is 0 Å². The summed E-state index contributed by atoms with van der Waals surface area (Å²) < 4.78 is 0. The molecule has 2 heterocycles. The van der Waals surface area contributed by atoms with Crippen molar-refractivity contribution in [3.8, 4) is 11.3 Å². The van der Waals surface area contributed by atoms with E-state index in [9.17, 15) is 0 Å². The van der Waals surface area contributed by atoms with E-state index < -0.39 is 0 Å². The minimum atomic E-state index is 0.204. The first kappa shape index (κ1) is 20.1. The van der Waals surface area contributed by atoms with Crippen LogP contribution in [0.1, 0.15) is 0 Å². The van der Waals surface area contributed by atoms with E-state index >= 15 is 0 Å². The molecule has 0 amide bonds. The van der Waals surface area contributed by atoms with E-state index in [1.807, 2.05) is 78.9 Å². The number of benzene rings is 3. The molecule has 0 fully saturated rings. The molecule has 0 saturated heterocycles. The second-order valence-corrected chi connectivity index (χ2v) is 7.20. The minimum Gasteiger partial charge on any atom is -0.369 e. The summed E-state index contributed by atoms with van der Waals surface area (Å²) in [5.74, 6) is 0.619. The first-order valence-electron chi connectivity index (χ1n) is 10.3.